The fraction of sp³-hybridized carbons (Fsp3) is 0.167. The van der Waals surface area contributed by atoms with Crippen LogP contribution in [0, 0.1) is 0 Å². The van der Waals surface area contributed by atoms with Crippen LogP contribution < -0.4 is 14.5 Å². The number of hydrogen-bond acceptors (Lipinski definition) is 4. The molecule has 8 aromatic rings. The van der Waals surface area contributed by atoms with Crippen molar-refractivity contribution in [1.29, 1.82) is 0 Å². The SMILES string of the molecule is CN1CN(c2cccc(Oc3ccc4c5ccccc5n(-c5cc(C(C)(C)C)ccn5)c4c3)c2)c2cc3c(cc21)c1ccccc1n3C. The molecular weight excluding hydrogens is 590 g/mol. The van der Waals surface area contributed by atoms with E-state index in [2.05, 4.69) is 163 Å². The van der Waals surface area contributed by atoms with Crippen LogP contribution in [-0.4, -0.2) is 27.8 Å². The smallest absolute Gasteiger partial charge is 0.137 e. The number of rotatable bonds is 4. The molecule has 48 heavy (non-hydrogen) atoms. The number of para-hydroxylation sites is 2. The monoisotopic (exact) mass is 627 g/mol. The number of benzene rings is 5. The molecule has 0 saturated carbocycles. The second-order valence-electron chi connectivity index (χ2n) is 14.0. The van der Waals surface area contributed by atoms with Gasteiger partial charge >= 0.3 is 0 Å². The van der Waals surface area contributed by atoms with E-state index < -0.39 is 0 Å². The lowest BCUT2D eigenvalue weighted by molar-refractivity contribution is 0.483. The summed E-state index contributed by atoms with van der Waals surface area (Å²) in [6.45, 7) is 7.47. The number of nitrogens with zero attached hydrogens (tertiary/aromatic N) is 5. The van der Waals surface area contributed by atoms with Gasteiger partial charge in [0, 0.05) is 65.2 Å². The number of pyridine rings is 1. The van der Waals surface area contributed by atoms with E-state index in [1.165, 1.54) is 49.5 Å². The summed E-state index contributed by atoms with van der Waals surface area (Å²) in [6.07, 6.45) is 1.92. The summed E-state index contributed by atoms with van der Waals surface area (Å²) in [5, 5.41) is 4.94. The molecule has 0 radical (unpaired) electrons. The van der Waals surface area contributed by atoms with Crippen LogP contribution in [0.2, 0.25) is 0 Å². The molecule has 6 nitrogen and oxygen atoms in total. The fourth-order valence-electron chi connectivity index (χ4n) is 7.41. The fourth-order valence-corrected chi connectivity index (χ4v) is 7.41. The van der Waals surface area contributed by atoms with E-state index in [1.807, 2.05) is 12.3 Å². The summed E-state index contributed by atoms with van der Waals surface area (Å²) >= 11 is 0. The Bertz CT molecular complexity index is 2550. The molecule has 3 aromatic heterocycles. The molecule has 0 spiro atoms. The Hall–Kier alpha value is -5.75. The van der Waals surface area contributed by atoms with Crippen molar-refractivity contribution in [3.05, 3.63) is 127 Å². The summed E-state index contributed by atoms with van der Waals surface area (Å²) in [5.74, 6) is 2.49. The van der Waals surface area contributed by atoms with E-state index >= 15 is 0 Å². The molecule has 4 heterocycles. The maximum absolute atomic E-state index is 6.62. The van der Waals surface area contributed by atoms with E-state index in [0.29, 0.717) is 0 Å². The summed E-state index contributed by atoms with van der Waals surface area (Å²) < 4.78 is 11.2. The predicted octanol–water partition coefficient (Wildman–Crippen LogP) is 10.5. The zero-order chi connectivity index (χ0) is 32.7. The molecule has 1 aliphatic rings. The summed E-state index contributed by atoms with van der Waals surface area (Å²) in [6, 6.07) is 41.0. The number of anilines is 3. The Kier molecular flexibility index (Phi) is 6.15. The van der Waals surface area contributed by atoms with Gasteiger partial charge in [-0.15, -0.1) is 0 Å². The van der Waals surface area contributed by atoms with Crippen molar-refractivity contribution >= 4 is 60.7 Å². The largest absolute Gasteiger partial charge is 0.457 e. The molecule has 0 unspecified atom stereocenters. The van der Waals surface area contributed by atoms with Crippen LogP contribution in [-0.2, 0) is 12.5 Å². The average Bonchev–Trinajstić information content (AvgIpc) is 3.70. The van der Waals surface area contributed by atoms with E-state index in [1.54, 1.807) is 0 Å². The van der Waals surface area contributed by atoms with Gasteiger partial charge in [-0.2, -0.15) is 0 Å². The normalized spacial score (nSPS) is 13.4. The minimum absolute atomic E-state index is 0.0152. The maximum atomic E-state index is 6.62. The first kappa shape index (κ1) is 28.5. The molecule has 0 amide bonds. The van der Waals surface area contributed by atoms with Crippen molar-refractivity contribution in [1.82, 2.24) is 14.1 Å². The predicted molar refractivity (Wildman–Crippen MR) is 200 cm³/mol. The standard InChI is InChI=1S/C42H37N5O/c1-42(2,3)27-19-20-43-41(21-27)47-36-16-9-7-13-31(36)33-18-17-30(23-38(33)47)48-29-12-10-11-28(22-29)46-26-44(4)39-24-34-32-14-6-8-15-35(32)45(5)37(34)25-40(39)46/h6-25H,26H2,1-5H3. The Balaban J connectivity index is 1.10. The minimum atomic E-state index is 0.0152. The van der Waals surface area contributed by atoms with Crippen molar-refractivity contribution in [2.24, 2.45) is 7.05 Å². The van der Waals surface area contributed by atoms with Crippen LogP contribution >= 0.6 is 0 Å². The molecule has 0 N–H and O–H groups in total. The van der Waals surface area contributed by atoms with Crippen LogP contribution in [0.3, 0.4) is 0 Å². The van der Waals surface area contributed by atoms with Gasteiger partial charge in [0.2, 0.25) is 0 Å². The second-order valence-corrected chi connectivity index (χ2v) is 14.0. The molecule has 6 heteroatoms. The molecule has 0 atom stereocenters. The summed E-state index contributed by atoms with van der Waals surface area (Å²) in [5.41, 5.74) is 9.45. The van der Waals surface area contributed by atoms with Crippen molar-refractivity contribution in [2.75, 3.05) is 23.5 Å². The molecule has 9 rings (SSSR count). The van der Waals surface area contributed by atoms with E-state index in [9.17, 15) is 0 Å². The molecule has 0 bridgehead atoms. The van der Waals surface area contributed by atoms with Gasteiger partial charge in [0.1, 0.15) is 17.3 Å². The molecular formula is C42H37N5O. The Labute approximate surface area is 280 Å². The van der Waals surface area contributed by atoms with E-state index in [-0.39, 0.29) is 5.41 Å². The zero-order valence-electron chi connectivity index (χ0n) is 27.9. The van der Waals surface area contributed by atoms with Crippen molar-refractivity contribution in [3.8, 4) is 17.3 Å². The number of fused-ring (bicyclic) bond motifs is 7. The molecule has 0 aliphatic carbocycles. The van der Waals surface area contributed by atoms with Gasteiger partial charge < -0.3 is 19.1 Å². The lowest BCUT2D eigenvalue weighted by Crippen LogP contribution is -2.23. The van der Waals surface area contributed by atoms with E-state index in [4.69, 9.17) is 9.72 Å². The topological polar surface area (TPSA) is 38.5 Å². The molecule has 236 valence electrons. The quantitative estimate of drug-likeness (QED) is 0.195. The number of aryl methyl sites for hydroxylation is 1. The Morgan fingerprint density at radius 1 is 0.604 bits per heavy atom. The van der Waals surface area contributed by atoms with Crippen molar-refractivity contribution in [3.63, 3.8) is 0 Å². The maximum Gasteiger partial charge on any atom is 0.137 e. The highest BCUT2D eigenvalue weighted by molar-refractivity contribution is 6.12. The van der Waals surface area contributed by atoms with Crippen LogP contribution in [0.1, 0.15) is 26.3 Å². The van der Waals surface area contributed by atoms with E-state index in [0.717, 1.165) is 40.7 Å². The number of aromatic nitrogens is 3. The van der Waals surface area contributed by atoms with Gasteiger partial charge in [0.05, 0.1) is 34.6 Å². The zero-order valence-corrected chi connectivity index (χ0v) is 27.9. The highest BCUT2D eigenvalue weighted by Crippen LogP contribution is 2.45. The third kappa shape index (κ3) is 4.36. The molecule has 5 aromatic carbocycles. The molecule has 1 aliphatic heterocycles. The van der Waals surface area contributed by atoms with Gasteiger partial charge in [-0.1, -0.05) is 63.2 Å². The Morgan fingerprint density at radius 3 is 2.15 bits per heavy atom. The first-order valence-electron chi connectivity index (χ1n) is 16.5. The number of hydrogen-bond donors (Lipinski definition) is 0. The van der Waals surface area contributed by atoms with Crippen LogP contribution in [0.15, 0.2) is 121 Å². The van der Waals surface area contributed by atoms with Crippen LogP contribution in [0.4, 0.5) is 17.1 Å². The number of ether oxygens (including phenoxy) is 1. The molecule has 0 fully saturated rings. The average molecular weight is 628 g/mol. The second kappa shape index (κ2) is 10.4. The highest BCUT2D eigenvalue weighted by Gasteiger charge is 2.27. The van der Waals surface area contributed by atoms with Gasteiger partial charge in [-0.05, 0) is 71.6 Å². The third-order valence-electron chi connectivity index (χ3n) is 9.92. The lowest BCUT2D eigenvalue weighted by Gasteiger charge is -2.20. The van der Waals surface area contributed by atoms with Crippen molar-refractivity contribution < 1.29 is 4.74 Å². The summed E-state index contributed by atoms with van der Waals surface area (Å²) in [7, 11) is 4.32. The van der Waals surface area contributed by atoms with Gasteiger partial charge in [-0.25, -0.2) is 4.98 Å². The molecule has 0 saturated heterocycles. The first-order chi connectivity index (χ1) is 23.2. The summed E-state index contributed by atoms with van der Waals surface area (Å²) in [4.78, 5) is 9.53. The van der Waals surface area contributed by atoms with Crippen LogP contribution in [0.25, 0.3) is 49.4 Å². The highest BCUT2D eigenvalue weighted by atomic mass is 16.5. The van der Waals surface area contributed by atoms with Gasteiger partial charge in [-0.3, -0.25) is 4.57 Å². The Morgan fingerprint density at radius 2 is 1.33 bits per heavy atom. The van der Waals surface area contributed by atoms with Gasteiger partial charge in [0.15, 0.2) is 0 Å². The van der Waals surface area contributed by atoms with Crippen molar-refractivity contribution in [2.45, 2.75) is 26.2 Å². The first-order valence-corrected chi connectivity index (χ1v) is 16.5. The van der Waals surface area contributed by atoms with Crippen LogP contribution in [0.5, 0.6) is 11.5 Å². The minimum Gasteiger partial charge on any atom is -0.457 e. The third-order valence-corrected chi connectivity index (χ3v) is 9.92. The lowest BCUT2D eigenvalue weighted by atomic mass is 9.88. The van der Waals surface area contributed by atoms with Gasteiger partial charge in [0.25, 0.3) is 0 Å².